The highest BCUT2D eigenvalue weighted by molar-refractivity contribution is 5.76. The van der Waals surface area contributed by atoms with Crippen molar-refractivity contribution in [2.75, 3.05) is 6.54 Å². The zero-order valence-corrected chi connectivity index (χ0v) is 8.97. The summed E-state index contributed by atoms with van der Waals surface area (Å²) >= 11 is 0. The Bertz CT molecular complexity index is 173. The average molecular weight is 183 g/mol. The second-order valence-corrected chi connectivity index (χ2v) is 4.67. The minimum atomic E-state index is 0.245. The molecule has 2 heteroatoms. The second-order valence-electron chi connectivity index (χ2n) is 4.67. The SMILES string of the molecule is CC(C)[C@@H](C)CNC(=O)CC1CC1. The molecule has 1 aliphatic carbocycles. The molecule has 0 aromatic rings. The van der Waals surface area contributed by atoms with E-state index >= 15 is 0 Å². The van der Waals surface area contributed by atoms with Crippen molar-refractivity contribution >= 4 is 5.91 Å². The van der Waals surface area contributed by atoms with Gasteiger partial charge in [0.15, 0.2) is 0 Å². The van der Waals surface area contributed by atoms with Crippen LogP contribution < -0.4 is 5.32 Å². The fraction of sp³-hybridized carbons (Fsp3) is 0.909. The van der Waals surface area contributed by atoms with Gasteiger partial charge in [0, 0.05) is 13.0 Å². The van der Waals surface area contributed by atoms with E-state index in [1.165, 1.54) is 12.8 Å². The highest BCUT2D eigenvalue weighted by Crippen LogP contribution is 2.32. The van der Waals surface area contributed by atoms with Crippen LogP contribution in [0.1, 0.15) is 40.0 Å². The van der Waals surface area contributed by atoms with E-state index in [1.54, 1.807) is 0 Å². The molecule has 1 N–H and O–H groups in total. The summed E-state index contributed by atoms with van der Waals surface area (Å²) in [5.41, 5.74) is 0. The smallest absolute Gasteiger partial charge is 0.220 e. The molecule has 0 unspecified atom stereocenters. The summed E-state index contributed by atoms with van der Waals surface area (Å²) < 4.78 is 0. The lowest BCUT2D eigenvalue weighted by Gasteiger charge is -2.15. The lowest BCUT2D eigenvalue weighted by molar-refractivity contribution is -0.121. The van der Waals surface area contributed by atoms with Gasteiger partial charge in [-0.2, -0.15) is 0 Å². The van der Waals surface area contributed by atoms with E-state index in [0.717, 1.165) is 13.0 Å². The molecule has 0 aromatic heterocycles. The monoisotopic (exact) mass is 183 g/mol. The topological polar surface area (TPSA) is 29.1 Å². The first kappa shape index (κ1) is 10.6. The molecule has 0 radical (unpaired) electrons. The van der Waals surface area contributed by atoms with Gasteiger partial charge in [-0.1, -0.05) is 20.8 Å². The summed E-state index contributed by atoms with van der Waals surface area (Å²) in [6.07, 6.45) is 3.27. The molecule has 1 aliphatic rings. The Labute approximate surface area is 81.1 Å². The second kappa shape index (κ2) is 4.64. The fourth-order valence-corrected chi connectivity index (χ4v) is 1.17. The number of hydrogen-bond donors (Lipinski definition) is 1. The Balaban J connectivity index is 2.06. The Kier molecular flexibility index (Phi) is 3.76. The number of nitrogens with one attached hydrogen (secondary N) is 1. The molecule has 0 spiro atoms. The highest BCUT2D eigenvalue weighted by Gasteiger charge is 2.24. The molecule has 13 heavy (non-hydrogen) atoms. The Hall–Kier alpha value is -0.530. The first-order valence-corrected chi connectivity index (χ1v) is 5.36. The van der Waals surface area contributed by atoms with E-state index in [9.17, 15) is 4.79 Å². The third-order valence-electron chi connectivity index (χ3n) is 2.93. The van der Waals surface area contributed by atoms with Gasteiger partial charge in [-0.15, -0.1) is 0 Å². The van der Waals surface area contributed by atoms with E-state index in [4.69, 9.17) is 0 Å². The lowest BCUT2D eigenvalue weighted by atomic mass is 9.98. The molecule has 0 saturated heterocycles. The van der Waals surface area contributed by atoms with Crippen LogP contribution in [0.4, 0.5) is 0 Å². The quantitative estimate of drug-likeness (QED) is 0.695. The predicted molar refractivity (Wildman–Crippen MR) is 54.4 cm³/mol. The molecule has 0 aromatic carbocycles. The summed E-state index contributed by atoms with van der Waals surface area (Å²) in [4.78, 5) is 11.3. The van der Waals surface area contributed by atoms with Crippen molar-refractivity contribution in [2.24, 2.45) is 17.8 Å². The zero-order valence-electron chi connectivity index (χ0n) is 8.97. The van der Waals surface area contributed by atoms with Crippen LogP contribution in [0.3, 0.4) is 0 Å². The number of rotatable bonds is 5. The maximum atomic E-state index is 11.3. The highest BCUT2D eigenvalue weighted by atomic mass is 16.1. The van der Waals surface area contributed by atoms with Crippen molar-refractivity contribution in [1.29, 1.82) is 0 Å². The molecule has 0 heterocycles. The van der Waals surface area contributed by atoms with Crippen LogP contribution in [0.25, 0.3) is 0 Å². The van der Waals surface area contributed by atoms with Crippen LogP contribution >= 0.6 is 0 Å². The van der Waals surface area contributed by atoms with E-state index in [2.05, 4.69) is 26.1 Å². The standard InChI is InChI=1S/C11H21NO/c1-8(2)9(3)7-12-11(13)6-10-4-5-10/h8-10H,4-7H2,1-3H3,(H,12,13)/t9-/m0/s1. The van der Waals surface area contributed by atoms with Gasteiger partial charge in [-0.3, -0.25) is 4.79 Å². The van der Waals surface area contributed by atoms with Gasteiger partial charge >= 0.3 is 0 Å². The van der Waals surface area contributed by atoms with Crippen LogP contribution in [0.15, 0.2) is 0 Å². The molecule has 1 amide bonds. The van der Waals surface area contributed by atoms with Gasteiger partial charge in [-0.25, -0.2) is 0 Å². The minimum absolute atomic E-state index is 0.245. The molecule has 0 bridgehead atoms. The predicted octanol–water partition coefficient (Wildman–Crippen LogP) is 2.19. The van der Waals surface area contributed by atoms with Crippen molar-refractivity contribution in [1.82, 2.24) is 5.32 Å². The zero-order chi connectivity index (χ0) is 9.84. The summed E-state index contributed by atoms with van der Waals surface area (Å²) in [5.74, 6) is 2.19. The Morgan fingerprint density at radius 1 is 1.38 bits per heavy atom. The average Bonchev–Trinajstić information content (AvgIpc) is 2.83. The molecule has 1 atom stereocenters. The summed E-state index contributed by atoms with van der Waals surface area (Å²) in [6.45, 7) is 7.40. The first-order chi connectivity index (χ1) is 6.09. The Morgan fingerprint density at radius 2 is 2.00 bits per heavy atom. The van der Waals surface area contributed by atoms with Crippen LogP contribution in [0, 0.1) is 17.8 Å². The molecule has 76 valence electrons. The third kappa shape index (κ3) is 4.30. The van der Waals surface area contributed by atoms with Crippen LogP contribution in [-0.2, 0) is 4.79 Å². The van der Waals surface area contributed by atoms with Crippen molar-refractivity contribution in [2.45, 2.75) is 40.0 Å². The van der Waals surface area contributed by atoms with Crippen molar-refractivity contribution in [3.8, 4) is 0 Å². The van der Waals surface area contributed by atoms with E-state index < -0.39 is 0 Å². The summed E-state index contributed by atoms with van der Waals surface area (Å²) in [5, 5.41) is 3.00. The largest absolute Gasteiger partial charge is 0.356 e. The lowest BCUT2D eigenvalue weighted by Crippen LogP contribution is -2.30. The molecule has 1 rings (SSSR count). The van der Waals surface area contributed by atoms with Crippen molar-refractivity contribution < 1.29 is 4.79 Å². The van der Waals surface area contributed by atoms with Crippen molar-refractivity contribution in [3.63, 3.8) is 0 Å². The van der Waals surface area contributed by atoms with Gasteiger partial charge in [0.1, 0.15) is 0 Å². The number of carbonyl (C=O) groups is 1. The maximum absolute atomic E-state index is 11.3. The first-order valence-electron chi connectivity index (χ1n) is 5.36. The van der Waals surface area contributed by atoms with E-state index in [-0.39, 0.29) is 5.91 Å². The number of carbonyl (C=O) groups excluding carboxylic acids is 1. The van der Waals surface area contributed by atoms with Crippen molar-refractivity contribution in [3.05, 3.63) is 0 Å². The Morgan fingerprint density at radius 3 is 2.46 bits per heavy atom. The minimum Gasteiger partial charge on any atom is -0.356 e. The van der Waals surface area contributed by atoms with Crippen LogP contribution in [0.2, 0.25) is 0 Å². The molecular formula is C11H21NO. The molecular weight excluding hydrogens is 162 g/mol. The van der Waals surface area contributed by atoms with Gasteiger partial charge < -0.3 is 5.32 Å². The summed E-state index contributed by atoms with van der Waals surface area (Å²) in [7, 11) is 0. The van der Waals surface area contributed by atoms with Crippen LogP contribution in [-0.4, -0.2) is 12.5 Å². The van der Waals surface area contributed by atoms with E-state index in [0.29, 0.717) is 17.8 Å². The van der Waals surface area contributed by atoms with Gasteiger partial charge in [0.25, 0.3) is 0 Å². The van der Waals surface area contributed by atoms with Gasteiger partial charge in [-0.05, 0) is 30.6 Å². The number of amides is 1. The maximum Gasteiger partial charge on any atom is 0.220 e. The molecule has 0 aliphatic heterocycles. The molecule has 2 nitrogen and oxygen atoms in total. The molecule has 1 fully saturated rings. The molecule has 1 saturated carbocycles. The van der Waals surface area contributed by atoms with Gasteiger partial charge in [0.2, 0.25) is 5.91 Å². The summed E-state index contributed by atoms with van der Waals surface area (Å²) in [6, 6.07) is 0. The van der Waals surface area contributed by atoms with Gasteiger partial charge in [0.05, 0.1) is 0 Å². The number of hydrogen-bond acceptors (Lipinski definition) is 1. The van der Waals surface area contributed by atoms with Crippen LogP contribution in [0.5, 0.6) is 0 Å². The third-order valence-corrected chi connectivity index (χ3v) is 2.93. The normalized spacial score (nSPS) is 18.8. The van der Waals surface area contributed by atoms with E-state index in [1.807, 2.05) is 0 Å². The fourth-order valence-electron chi connectivity index (χ4n) is 1.17.